The highest BCUT2D eigenvalue weighted by Gasteiger charge is 2.27. The average Bonchev–Trinajstić information content (AvgIpc) is 3.35. The van der Waals surface area contributed by atoms with E-state index in [4.69, 9.17) is 10.9 Å². The molecule has 41 heavy (non-hydrogen) atoms. The van der Waals surface area contributed by atoms with E-state index < -0.39 is 32.5 Å². The molecule has 1 fully saturated rings. The van der Waals surface area contributed by atoms with Gasteiger partial charge in [0.15, 0.2) is 5.69 Å². The number of sulfonamides is 1. The number of carboxylic acids is 1. The summed E-state index contributed by atoms with van der Waals surface area (Å²) in [6, 6.07) is 7.94. The lowest BCUT2D eigenvalue weighted by Gasteiger charge is -2.17. The molecule has 5 rings (SSSR count). The number of carbonyl (C=O) groups is 1. The van der Waals surface area contributed by atoms with E-state index in [1.54, 1.807) is 12.3 Å². The van der Waals surface area contributed by atoms with Crippen LogP contribution < -0.4 is 10.9 Å². The lowest BCUT2D eigenvalue weighted by atomic mass is 9.92. The smallest absolute Gasteiger partial charge is 0.355 e. The molecule has 0 atom stereocenters. The van der Waals surface area contributed by atoms with Crippen molar-refractivity contribution in [2.75, 3.05) is 0 Å². The lowest BCUT2D eigenvalue weighted by Crippen LogP contribution is -2.16. The third-order valence-corrected chi connectivity index (χ3v) is 8.24. The highest BCUT2D eigenvalue weighted by Crippen LogP contribution is 2.37. The van der Waals surface area contributed by atoms with Crippen molar-refractivity contribution in [2.24, 2.45) is 21.8 Å². The van der Waals surface area contributed by atoms with Crippen LogP contribution in [0.1, 0.15) is 40.9 Å². The Labute approximate surface area is 237 Å². The molecule has 10 nitrogen and oxygen atoms in total. The summed E-state index contributed by atoms with van der Waals surface area (Å²) in [4.78, 5) is 19.5. The molecule has 212 valence electrons. The molecule has 1 aliphatic carbocycles. The molecule has 4 aromatic rings. The number of aliphatic imine (C=N–C) groups is 1. The molecule has 2 aromatic heterocycles. The van der Waals surface area contributed by atoms with Crippen LogP contribution in [0.5, 0.6) is 0 Å². The van der Waals surface area contributed by atoms with Gasteiger partial charge in [-0.3, -0.25) is 5.10 Å². The van der Waals surface area contributed by atoms with Gasteiger partial charge in [0, 0.05) is 46.1 Å². The fourth-order valence-corrected chi connectivity index (χ4v) is 5.56. The zero-order chi connectivity index (χ0) is 29.3. The zero-order valence-electron chi connectivity index (χ0n) is 21.3. The Morgan fingerprint density at radius 2 is 1.95 bits per heavy atom. The number of nitrogens with one attached hydrogen (secondary N) is 1. The first-order valence-corrected chi connectivity index (χ1v) is 14.8. The van der Waals surface area contributed by atoms with Crippen LogP contribution in [0, 0.1) is 17.6 Å². The van der Waals surface area contributed by atoms with E-state index in [0.29, 0.717) is 40.3 Å². The fourth-order valence-electron chi connectivity index (χ4n) is 4.29. The first kappa shape index (κ1) is 28.3. The van der Waals surface area contributed by atoms with Crippen molar-refractivity contribution in [2.45, 2.75) is 30.6 Å². The van der Waals surface area contributed by atoms with Crippen LogP contribution in [0.3, 0.4) is 0 Å². The van der Waals surface area contributed by atoms with Crippen LogP contribution in [0.15, 0.2) is 69.6 Å². The van der Waals surface area contributed by atoms with Gasteiger partial charge in [-0.15, -0.1) is 11.3 Å². The number of hydrogen-bond donors (Lipinski definition) is 4. The first-order chi connectivity index (χ1) is 19.5. The number of rotatable bonds is 10. The van der Waals surface area contributed by atoms with Crippen LogP contribution in [-0.4, -0.2) is 40.4 Å². The number of carboxylic acid groups (broad SMARTS) is 1. The summed E-state index contributed by atoms with van der Waals surface area (Å²) < 4.78 is 53.0. The summed E-state index contributed by atoms with van der Waals surface area (Å²) in [5, 5.41) is 22.5. The molecule has 0 radical (unpaired) electrons. The molecule has 0 bridgehead atoms. The van der Waals surface area contributed by atoms with Crippen LogP contribution in [0.25, 0.3) is 16.8 Å². The second kappa shape index (κ2) is 11.3. The highest BCUT2D eigenvalue weighted by atomic mass is 32.2. The molecule has 6 N–H and O–H groups in total. The van der Waals surface area contributed by atoms with E-state index in [0.717, 1.165) is 36.3 Å². The Morgan fingerprint density at radius 3 is 2.56 bits per heavy atom. The molecule has 0 unspecified atom stereocenters. The number of aromatic nitrogens is 3. The number of thiazole rings is 1. The maximum Gasteiger partial charge on any atom is 0.355 e. The van der Waals surface area contributed by atoms with Gasteiger partial charge in [0.25, 0.3) is 0 Å². The average molecular weight is 599 g/mol. The number of benzene rings is 2. The lowest BCUT2D eigenvalue weighted by molar-refractivity contribution is 0.0691. The van der Waals surface area contributed by atoms with Crippen molar-refractivity contribution in [3.05, 3.63) is 88.2 Å². The van der Waals surface area contributed by atoms with Crippen molar-refractivity contribution < 1.29 is 27.1 Å². The minimum atomic E-state index is -4.27. The molecular weight excluding hydrogens is 574 g/mol. The second-order valence-electron chi connectivity index (χ2n) is 9.59. The predicted molar refractivity (Wildman–Crippen MR) is 150 cm³/mol. The maximum absolute atomic E-state index is 14.8. The normalized spacial score (nSPS) is 14.7. The molecule has 1 saturated carbocycles. The van der Waals surface area contributed by atoms with E-state index in [2.05, 4.69) is 20.2 Å². The minimum Gasteiger partial charge on any atom is -0.476 e. The van der Waals surface area contributed by atoms with E-state index in [-0.39, 0.29) is 28.5 Å². The van der Waals surface area contributed by atoms with E-state index >= 15 is 0 Å². The van der Waals surface area contributed by atoms with Gasteiger partial charge in [-0.1, -0.05) is 6.07 Å². The fraction of sp³-hybridized carbons (Fsp3) is 0.185. The summed E-state index contributed by atoms with van der Waals surface area (Å²) in [7, 11) is -4.27. The quantitative estimate of drug-likeness (QED) is 0.192. The van der Waals surface area contributed by atoms with Crippen molar-refractivity contribution in [3.8, 4) is 11.1 Å². The summed E-state index contributed by atoms with van der Waals surface area (Å²) >= 11 is 1.05. The molecule has 0 spiro atoms. The minimum absolute atomic E-state index is 0.0365. The Kier molecular flexibility index (Phi) is 7.80. The number of aromatic carboxylic acids is 1. The number of nitrogens with two attached hydrogens (primary N) is 2. The number of halogens is 2. The predicted octanol–water partition coefficient (Wildman–Crippen LogP) is 4.64. The molecule has 2 aromatic carbocycles. The number of allylic oxidation sites excluding steroid dienone is 1. The molecular formula is C27H24F2N6O4S2. The molecule has 2 heterocycles. The van der Waals surface area contributed by atoms with Crippen LogP contribution in [0.2, 0.25) is 0 Å². The van der Waals surface area contributed by atoms with Gasteiger partial charge in [-0.2, -0.15) is 5.10 Å². The third kappa shape index (κ3) is 6.56. The highest BCUT2D eigenvalue weighted by molar-refractivity contribution is 7.89. The first-order valence-electron chi connectivity index (χ1n) is 12.3. The summed E-state index contributed by atoms with van der Waals surface area (Å²) in [6.45, 7) is 0. The van der Waals surface area contributed by atoms with Crippen molar-refractivity contribution in [1.29, 1.82) is 0 Å². The van der Waals surface area contributed by atoms with E-state index in [1.807, 2.05) is 0 Å². The van der Waals surface area contributed by atoms with Crippen LogP contribution in [-0.2, 0) is 16.4 Å². The Bertz CT molecular complexity index is 1800. The van der Waals surface area contributed by atoms with Crippen LogP contribution >= 0.6 is 11.3 Å². The standard InChI is InChI=1S/C27H24F2N6O4S2/c28-20-5-4-16(10-18(20)17-11-32-33-12-17)25(30)19(7-15-3-6-24(21(29)8-15)41(31,38)39)22(9-14-1-2-14)34-27-35-23(13-40-27)26(36)37/h3-6,8,10-14H,1-2,7,9,30H2,(H,32,33)(H,36,37)(H2,31,38,39). The maximum atomic E-state index is 14.8. The van der Waals surface area contributed by atoms with E-state index in [9.17, 15) is 27.1 Å². The summed E-state index contributed by atoms with van der Waals surface area (Å²) in [5.41, 5.74) is 9.44. The number of nitrogens with zero attached hydrogens (tertiary/aromatic N) is 3. The van der Waals surface area contributed by atoms with Gasteiger partial charge >= 0.3 is 5.97 Å². The van der Waals surface area contributed by atoms with Crippen LogP contribution in [0.4, 0.5) is 13.9 Å². The largest absolute Gasteiger partial charge is 0.476 e. The number of H-pyrrole nitrogens is 1. The topological polar surface area (TPSA) is 177 Å². The SMILES string of the molecule is NC(=C(Cc1ccc(S(N)(=O)=O)c(F)c1)C(CC1CC1)=Nc1nc(C(=O)O)cs1)c1ccc(F)c(-c2cn[nH]c2)c1. The molecule has 0 saturated heterocycles. The van der Waals surface area contributed by atoms with Crippen molar-refractivity contribution in [3.63, 3.8) is 0 Å². The summed E-state index contributed by atoms with van der Waals surface area (Å²) in [6.07, 6.45) is 5.47. The van der Waals surface area contributed by atoms with Gasteiger partial charge in [-0.05, 0) is 66.6 Å². The monoisotopic (exact) mass is 598 g/mol. The Hall–Kier alpha value is -4.27. The number of aromatic amines is 1. The third-order valence-electron chi connectivity index (χ3n) is 6.56. The van der Waals surface area contributed by atoms with Gasteiger partial charge in [0.2, 0.25) is 15.2 Å². The van der Waals surface area contributed by atoms with Crippen molar-refractivity contribution in [1.82, 2.24) is 15.2 Å². The van der Waals surface area contributed by atoms with Gasteiger partial charge in [0.05, 0.1) is 6.20 Å². The van der Waals surface area contributed by atoms with Gasteiger partial charge < -0.3 is 10.8 Å². The van der Waals surface area contributed by atoms with Gasteiger partial charge in [0.1, 0.15) is 16.5 Å². The molecule has 1 aliphatic rings. The molecule has 14 heteroatoms. The number of primary sulfonamides is 1. The Morgan fingerprint density at radius 1 is 1.17 bits per heavy atom. The Balaban J connectivity index is 1.66. The van der Waals surface area contributed by atoms with Crippen molar-refractivity contribution >= 4 is 43.9 Å². The number of hydrogen-bond acceptors (Lipinski definition) is 8. The molecule has 0 aliphatic heterocycles. The molecule has 0 amide bonds. The summed E-state index contributed by atoms with van der Waals surface area (Å²) in [5.74, 6) is -2.38. The second-order valence-corrected chi connectivity index (χ2v) is 12.0. The zero-order valence-corrected chi connectivity index (χ0v) is 23.0. The van der Waals surface area contributed by atoms with Gasteiger partial charge in [-0.25, -0.2) is 37.1 Å². The van der Waals surface area contributed by atoms with E-state index in [1.165, 1.54) is 29.8 Å².